The molecular formula is C24H25ClN2O3S. The molecule has 0 saturated carbocycles. The van der Waals surface area contributed by atoms with Crippen molar-refractivity contribution in [1.29, 1.82) is 0 Å². The van der Waals surface area contributed by atoms with Gasteiger partial charge < -0.3 is 5.32 Å². The van der Waals surface area contributed by atoms with Crippen molar-refractivity contribution in [3.63, 3.8) is 0 Å². The van der Waals surface area contributed by atoms with Crippen LogP contribution >= 0.6 is 11.6 Å². The maximum absolute atomic E-state index is 13.3. The number of amides is 1. The molecule has 3 rings (SSSR count). The Morgan fingerprint density at radius 1 is 0.935 bits per heavy atom. The highest BCUT2D eigenvalue weighted by atomic mass is 35.5. The first-order valence-electron chi connectivity index (χ1n) is 10.0. The Hall–Kier alpha value is -2.83. The van der Waals surface area contributed by atoms with Crippen molar-refractivity contribution >= 4 is 33.2 Å². The van der Waals surface area contributed by atoms with Crippen LogP contribution in [0.4, 0.5) is 5.69 Å². The Labute approximate surface area is 188 Å². The zero-order chi connectivity index (χ0) is 22.3. The van der Waals surface area contributed by atoms with Gasteiger partial charge in [0.2, 0.25) is 5.91 Å². The van der Waals surface area contributed by atoms with E-state index in [0.29, 0.717) is 17.3 Å². The van der Waals surface area contributed by atoms with E-state index >= 15 is 0 Å². The third-order valence-corrected chi connectivity index (χ3v) is 6.86. The fourth-order valence-corrected chi connectivity index (χ4v) is 4.66. The smallest absolute Gasteiger partial charge is 0.264 e. The Morgan fingerprint density at radius 2 is 1.58 bits per heavy atom. The third-order valence-electron chi connectivity index (χ3n) is 4.82. The summed E-state index contributed by atoms with van der Waals surface area (Å²) >= 11 is 5.90. The number of hydrogen-bond donors (Lipinski definition) is 1. The van der Waals surface area contributed by atoms with Gasteiger partial charge >= 0.3 is 0 Å². The topological polar surface area (TPSA) is 66.5 Å². The van der Waals surface area contributed by atoms with Crippen LogP contribution in [-0.4, -0.2) is 27.4 Å². The molecule has 31 heavy (non-hydrogen) atoms. The van der Waals surface area contributed by atoms with Crippen LogP contribution in [-0.2, 0) is 21.2 Å². The van der Waals surface area contributed by atoms with Crippen molar-refractivity contribution < 1.29 is 13.2 Å². The molecule has 1 N–H and O–H groups in total. The minimum Gasteiger partial charge on any atom is -0.355 e. The summed E-state index contributed by atoms with van der Waals surface area (Å²) in [5.41, 5.74) is 2.63. The van der Waals surface area contributed by atoms with Crippen LogP contribution in [0.1, 0.15) is 17.5 Å². The molecule has 0 heterocycles. The first-order valence-corrected chi connectivity index (χ1v) is 11.8. The highest BCUT2D eigenvalue weighted by molar-refractivity contribution is 7.92. The third kappa shape index (κ3) is 6.32. The van der Waals surface area contributed by atoms with Gasteiger partial charge in [-0.25, -0.2) is 8.42 Å². The van der Waals surface area contributed by atoms with Crippen LogP contribution < -0.4 is 9.62 Å². The van der Waals surface area contributed by atoms with Gasteiger partial charge in [-0.1, -0.05) is 59.6 Å². The molecule has 5 nitrogen and oxygen atoms in total. The molecule has 0 radical (unpaired) electrons. The number of carbonyl (C=O) groups excluding carboxylic acids is 1. The Bertz CT molecular complexity index is 1100. The van der Waals surface area contributed by atoms with Crippen LogP contribution in [0.15, 0.2) is 83.8 Å². The minimum atomic E-state index is -3.94. The fraction of sp³-hybridized carbons (Fsp3) is 0.208. The summed E-state index contributed by atoms with van der Waals surface area (Å²) in [6.07, 6.45) is 1.61. The standard InChI is InChI=1S/C24H25ClN2O3S/c1-19-9-13-22(14-10-19)27(31(29,30)23-15-11-21(25)12-16-23)18-24(28)26-17-5-8-20-6-3-2-4-7-20/h2-4,6-7,9-16H,5,8,17-18H2,1H3,(H,26,28). The lowest BCUT2D eigenvalue weighted by atomic mass is 10.1. The number of nitrogens with zero attached hydrogens (tertiary/aromatic N) is 1. The molecule has 0 aromatic heterocycles. The number of anilines is 1. The lowest BCUT2D eigenvalue weighted by Crippen LogP contribution is -2.41. The summed E-state index contributed by atoms with van der Waals surface area (Å²) in [7, 11) is -3.94. The van der Waals surface area contributed by atoms with Crippen molar-refractivity contribution in [3.05, 3.63) is 95.0 Å². The van der Waals surface area contributed by atoms with Gasteiger partial charge in [0.05, 0.1) is 10.6 Å². The maximum atomic E-state index is 13.3. The van der Waals surface area contributed by atoms with E-state index in [4.69, 9.17) is 11.6 Å². The van der Waals surface area contributed by atoms with Crippen molar-refractivity contribution in [3.8, 4) is 0 Å². The fourth-order valence-electron chi connectivity index (χ4n) is 3.11. The molecule has 162 valence electrons. The Kier molecular flexibility index (Phi) is 7.71. The van der Waals surface area contributed by atoms with E-state index in [9.17, 15) is 13.2 Å². The van der Waals surface area contributed by atoms with Crippen molar-refractivity contribution in [2.45, 2.75) is 24.7 Å². The van der Waals surface area contributed by atoms with Gasteiger partial charge in [0.1, 0.15) is 6.54 Å². The van der Waals surface area contributed by atoms with Gasteiger partial charge in [-0.2, -0.15) is 0 Å². The lowest BCUT2D eigenvalue weighted by molar-refractivity contribution is -0.119. The summed E-state index contributed by atoms with van der Waals surface area (Å²) in [5, 5.41) is 3.27. The van der Waals surface area contributed by atoms with Gasteiger partial charge in [-0.15, -0.1) is 0 Å². The van der Waals surface area contributed by atoms with E-state index in [0.717, 1.165) is 22.7 Å². The van der Waals surface area contributed by atoms with Gasteiger partial charge in [0.15, 0.2) is 0 Å². The summed E-state index contributed by atoms with van der Waals surface area (Å²) in [6.45, 7) is 2.08. The van der Waals surface area contributed by atoms with Crippen LogP contribution in [0.5, 0.6) is 0 Å². The molecule has 0 atom stereocenters. The molecule has 3 aromatic carbocycles. The lowest BCUT2D eigenvalue weighted by Gasteiger charge is -2.24. The number of carbonyl (C=O) groups is 1. The molecular weight excluding hydrogens is 432 g/mol. The predicted octanol–water partition coefficient (Wildman–Crippen LogP) is 4.59. The molecule has 0 aliphatic rings. The van der Waals surface area contributed by atoms with E-state index < -0.39 is 10.0 Å². The average molecular weight is 457 g/mol. The summed E-state index contributed by atoms with van der Waals surface area (Å²) in [6, 6.07) is 23.0. The predicted molar refractivity (Wildman–Crippen MR) is 125 cm³/mol. The van der Waals surface area contributed by atoms with E-state index in [1.807, 2.05) is 49.4 Å². The second kappa shape index (κ2) is 10.5. The van der Waals surface area contributed by atoms with Gasteiger partial charge in [0, 0.05) is 11.6 Å². The highest BCUT2D eigenvalue weighted by Gasteiger charge is 2.27. The van der Waals surface area contributed by atoms with Crippen molar-refractivity contribution in [2.24, 2.45) is 0 Å². The number of hydrogen-bond acceptors (Lipinski definition) is 3. The molecule has 0 bridgehead atoms. The average Bonchev–Trinajstić information content (AvgIpc) is 2.77. The highest BCUT2D eigenvalue weighted by Crippen LogP contribution is 2.25. The zero-order valence-electron chi connectivity index (χ0n) is 17.3. The normalized spacial score (nSPS) is 11.2. The summed E-state index contributed by atoms with van der Waals surface area (Å²) < 4.78 is 27.7. The van der Waals surface area contributed by atoms with Crippen LogP contribution in [0.2, 0.25) is 5.02 Å². The molecule has 0 fully saturated rings. The van der Waals surface area contributed by atoms with Crippen molar-refractivity contribution in [2.75, 3.05) is 17.4 Å². The molecule has 1 amide bonds. The number of nitrogens with one attached hydrogen (secondary N) is 1. The Morgan fingerprint density at radius 3 is 2.23 bits per heavy atom. The molecule has 0 aliphatic heterocycles. The van der Waals surface area contributed by atoms with E-state index in [2.05, 4.69) is 5.32 Å². The van der Waals surface area contributed by atoms with Crippen molar-refractivity contribution in [1.82, 2.24) is 5.32 Å². The minimum absolute atomic E-state index is 0.0781. The number of rotatable bonds is 9. The summed E-state index contributed by atoms with van der Waals surface area (Å²) in [5.74, 6) is -0.355. The maximum Gasteiger partial charge on any atom is 0.264 e. The molecule has 7 heteroatoms. The van der Waals surface area contributed by atoms with Gasteiger partial charge in [0.25, 0.3) is 10.0 Å². The quantitative estimate of drug-likeness (QED) is 0.479. The van der Waals surface area contributed by atoms with Crippen LogP contribution in [0.25, 0.3) is 0 Å². The first kappa shape index (κ1) is 22.8. The number of benzene rings is 3. The molecule has 0 saturated heterocycles. The van der Waals surface area contributed by atoms with Gasteiger partial charge in [-0.05, 0) is 61.7 Å². The zero-order valence-corrected chi connectivity index (χ0v) is 18.9. The molecule has 0 unspecified atom stereocenters. The molecule has 0 spiro atoms. The van der Waals surface area contributed by atoms with E-state index in [-0.39, 0.29) is 17.3 Å². The summed E-state index contributed by atoms with van der Waals surface area (Å²) in [4.78, 5) is 12.7. The Balaban J connectivity index is 1.71. The van der Waals surface area contributed by atoms with E-state index in [1.54, 1.807) is 12.1 Å². The second-order valence-corrected chi connectivity index (χ2v) is 9.54. The first-order chi connectivity index (χ1) is 14.9. The molecule has 3 aromatic rings. The molecule has 0 aliphatic carbocycles. The van der Waals surface area contributed by atoms with E-state index in [1.165, 1.54) is 29.8 Å². The largest absolute Gasteiger partial charge is 0.355 e. The SMILES string of the molecule is Cc1ccc(N(CC(=O)NCCCc2ccccc2)S(=O)(=O)c2ccc(Cl)cc2)cc1. The second-order valence-electron chi connectivity index (χ2n) is 7.24. The number of sulfonamides is 1. The monoisotopic (exact) mass is 456 g/mol. The number of aryl methyl sites for hydroxylation is 2. The van der Waals surface area contributed by atoms with Gasteiger partial charge in [-0.3, -0.25) is 9.10 Å². The number of halogens is 1. The van der Waals surface area contributed by atoms with Crippen LogP contribution in [0, 0.1) is 6.92 Å². The van der Waals surface area contributed by atoms with Crippen LogP contribution in [0.3, 0.4) is 0 Å².